The molecule has 0 aliphatic heterocycles. The monoisotopic (exact) mass is 313 g/mol. The number of alkyl halides is 3. The zero-order valence-corrected chi connectivity index (χ0v) is 12.0. The lowest BCUT2D eigenvalue weighted by atomic mass is 10.1. The first-order valence-corrected chi connectivity index (χ1v) is 6.49. The van der Waals surface area contributed by atoms with Crippen molar-refractivity contribution in [3.8, 4) is 11.8 Å². The number of aromatic nitrogens is 2. The van der Waals surface area contributed by atoms with Crippen molar-refractivity contribution in [2.75, 3.05) is 0 Å². The average molecular weight is 314 g/mol. The van der Waals surface area contributed by atoms with Crippen molar-refractivity contribution in [3.63, 3.8) is 0 Å². The summed E-state index contributed by atoms with van der Waals surface area (Å²) in [6.07, 6.45) is -4.40. The maximum Gasteiger partial charge on any atom is 0.416 e. The van der Waals surface area contributed by atoms with Gasteiger partial charge in [-0.3, -0.25) is 0 Å². The number of nitriles is 1. The van der Waals surface area contributed by atoms with E-state index >= 15 is 0 Å². The quantitative estimate of drug-likeness (QED) is 0.816. The molecule has 0 radical (unpaired) electrons. The molecule has 0 amide bonds. The Labute approximate surface area is 124 Å². The van der Waals surface area contributed by atoms with Crippen LogP contribution in [0.4, 0.5) is 13.2 Å². The Morgan fingerprint density at radius 2 is 1.81 bits per heavy atom. The first kappa shape index (κ1) is 15.4. The highest BCUT2D eigenvalue weighted by Crippen LogP contribution is 2.31. The molecular formula is C14H11ClF3N3. The summed E-state index contributed by atoms with van der Waals surface area (Å²) >= 11 is 6.09. The minimum Gasteiger partial charge on any atom is -0.221 e. The molecule has 0 fully saturated rings. The molecular weight excluding hydrogens is 303 g/mol. The molecule has 0 saturated carbocycles. The fraction of sp³-hybridized carbons (Fsp3) is 0.286. The first-order valence-electron chi connectivity index (χ1n) is 6.12. The molecule has 0 atom stereocenters. The first-order chi connectivity index (χ1) is 9.75. The van der Waals surface area contributed by atoms with E-state index in [0.29, 0.717) is 11.4 Å². The third kappa shape index (κ3) is 2.88. The number of benzene rings is 1. The predicted molar refractivity (Wildman–Crippen MR) is 72.4 cm³/mol. The normalized spacial score (nSPS) is 11.7. The van der Waals surface area contributed by atoms with E-state index in [9.17, 15) is 13.2 Å². The summed E-state index contributed by atoms with van der Waals surface area (Å²) in [7, 11) is 0. The van der Waals surface area contributed by atoms with Gasteiger partial charge in [0, 0.05) is 0 Å². The summed E-state index contributed by atoms with van der Waals surface area (Å²) in [4.78, 5) is 0. The van der Waals surface area contributed by atoms with Crippen molar-refractivity contribution in [3.05, 3.63) is 46.2 Å². The molecule has 2 aromatic rings. The molecule has 2 rings (SSSR count). The Bertz CT molecular complexity index is 694. The third-order valence-electron chi connectivity index (χ3n) is 2.95. The van der Waals surface area contributed by atoms with E-state index in [1.54, 1.807) is 0 Å². The van der Waals surface area contributed by atoms with Crippen LogP contribution in [-0.4, -0.2) is 9.78 Å². The second kappa shape index (κ2) is 5.41. The van der Waals surface area contributed by atoms with Gasteiger partial charge in [-0.1, -0.05) is 25.4 Å². The van der Waals surface area contributed by atoms with E-state index < -0.39 is 11.7 Å². The van der Waals surface area contributed by atoms with E-state index in [1.807, 2.05) is 19.9 Å². The lowest BCUT2D eigenvalue weighted by molar-refractivity contribution is -0.137. The lowest BCUT2D eigenvalue weighted by Gasteiger charge is -2.08. The maximum absolute atomic E-state index is 12.5. The topological polar surface area (TPSA) is 41.6 Å². The molecule has 0 aliphatic rings. The summed E-state index contributed by atoms with van der Waals surface area (Å²) in [5.41, 5.74) is 0.379. The summed E-state index contributed by atoms with van der Waals surface area (Å²) in [6.45, 7) is 3.72. The molecule has 3 nitrogen and oxygen atoms in total. The Balaban J connectivity index is 2.51. The van der Waals surface area contributed by atoms with Crippen molar-refractivity contribution in [2.24, 2.45) is 0 Å². The highest BCUT2D eigenvalue weighted by molar-refractivity contribution is 6.31. The minimum atomic E-state index is -4.40. The van der Waals surface area contributed by atoms with E-state index in [-0.39, 0.29) is 16.6 Å². The molecule has 0 bridgehead atoms. The van der Waals surface area contributed by atoms with Gasteiger partial charge in [-0.15, -0.1) is 0 Å². The zero-order chi connectivity index (χ0) is 15.8. The van der Waals surface area contributed by atoms with Crippen molar-refractivity contribution < 1.29 is 13.2 Å². The van der Waals surface area contributed by atoms with Gasteiger partial charge in [0.15, 0.2) is 5.15 Å². The number of rotatable bonds is 2. The number of hydrogen-bond donors (Lipinski definition) is 0. The van der Waals surface area contributed by atoms with Crippen LogP contribution in [-0.2, 0) is 6.18 Å². The van der Waals surface area contributed by atoms with Crippen molar-refractivity contribution >= 4 is 11.6 Å². The zero-order valence-electron chi connectivity index (χ0n) is 11.2. The molecule has 0 spiro atoms. The lowest BCUT2D eigenvalue weighted by Crippen LogP contribution is -2.05. The Morgan fingerprint density at radius 1 is 1.24 bits per heavy atom. The van der Waals surface area contributed by atoms with Gasteiger partial charge in [-0.2, -0.15) is 23.5 Å². The van der Waals surface area contributed by atoms with Gasteiger partial charge in [-0.25, -0.2) is 4.68 Å². The summed E-state index contributed by atoms with van der Waals surface area (Å²) in [5, 5.41) is 13.4. The van der Waals surface area contributed by atoms with Crippen LogP contribution in [0.2, 0.25) is 5.15 Å². The van der Waals surface area contributed by atoms with Crippen LogP contribution >= 0.6 is 11.6 Å². The molecule has 0 N–H and O–H groups in total. The largest absolute Gasteiger partial charge is 0.416 e. The van der Waals surface area contributed by atoms with Gasteiger partial charge >= 0.3 is 6.18 Å². The van der Waals surface area contributed by atoms with Crippen LogP contribution in [0.3, 0.4) is 0 Å². The van der Waals surface area contributed by atoms with Crippen molar-refractivity contribution in [1.82, 2.24) is 9.78 Å². The van der Waals surface area contributed by atoms with Crippen LogP contribution in [0.25, 0.3) is 5.69 Å². The average Bonchev–Trinajstić information content (AvgIpc) is 2.75. The van der Waals surface area contributed by atoms with Gasteiger partial charge in [-0.05, 0) is 30.2 Å². The summed E-state index contributed by atoms with van der Waals surface area (Å²) in [5.74, 6) is -0.0205. The molecule has 1 aromatic carbocycles. The second-order valence-electron chi connectivity index (χ2n) is 4.77. The van der Waals surface area contributed by atoms with E-state index in [0.717, 1.165) is 12.1 Å². The molecule has 7 heteroatoms. The number of hydrogen-bond acceptors (Lipinski definition) is 2. The second-order valence-corrected chi connectivity index (χ2v) is 5.13. The summed E-state index contributed by atoms with van der Waals surface area (Å²) in [6, 6.07) is 6.42. The Kier molecular flexibility index (Phi) is 3.97. The van der Waals surface area contributed by atoms with Crippen LogP contribution in [0.1, 0.15) is 36.6 Å². The maximum atomic E-state index is 12.5. The van der Waals surface area contributed by atoms with Crippen molar-refractivity contribution in [1.29, 1.82) is 5.26 Å². The fourth-order valence-corrected chi connectivity index (χ4v) is 2.16. The minimum absolute atomic E-state index is 0.0205. The number of nitrogens with zero attached hydrogens (tertiary/aromatic N) is 3. The molecule has 0 aliphatic carbocycles. The van der Waals surface area contributed by atoms with Crippen LogP contribution < -0.4 is 0 Å². The molecule has 21 heavy (non-hydrogen) atoms. The van der Waals surface area contributed by atoms with E-state index in [2.05, 4.69) is 5.10 Å². The van der Waals surface area contributed by atoms with Crippen LogP contribution in [0.5, 0.6) is 0 Å². The highest BCUT2D eigenvalue weighted by Gasteiger charge is 2.30. The number of halogens is 4. The highest BCUT2D eigenvalue weighted by atomic mass is 35.5. The summed E-state index contributed by atoms with van der Waals surface area (Å²) < 4.78 is 38.9. The smallest absolute Gasteiger partial charge is 0.221 e. The molecule has 1 aromatic heterocycles. The van der Waals surface area contributed by atoms with Crippen LogP contribution in [0, 0.1) is 11.3 Å². The van der Waals surface area contributed by atoms with E-state index in [1.165, 1.54) is 16.8 Å². The fourth-order valence-electron chi connectivity index (χ4n) is 1.88. The predicted octanol–water partition coefficient (Wildman–Crippen LogP) is 4.54. The van der Waals surface area contributed by atoms with E-state index in [4.69, 9.17) is 16.9 Å². The molecule has 110 valence electrons. The SMILES string of the molecule is CC(C)c1nn(-c2ccc(C(F)(F)F)cc2)c(Cl)c1C#N. The molecule has 1 heterocycles. The van der Waals surface area contributed by atoms with Crippen molar-refractivity contribution in [2.45, 2.75) is 25.9 Å². The standard InChI is InChI=1S/C14H11ClF3N3/c1-8(2)12-11(7-19)13(15)21(20-12)10-5-3-9(4-6-10)14(16,17)18/h3-6,8H,1-2H3. The Hall–Kier alpha value is -2.00. The molecule has 0 unspecified atom stereocenters. The molecule has 0 saturated heterocycles. The van der Waals surface area contributed by atoms with Gasteiger partial charge in [0.2, 0.25) is 0 Å². The third-order valence-corrected chi connectivity index (χ3v) is 3.30. The Morgan fingerprint density at radius 3 is 2.19 bits per heavy atom. The van der Waals surface area contributed by atoms with Crippen LogP contribution in [0.15, 0.2) is 24.3 Å². The van der Waals surface area contributed by atoms with Gasteiger partial charge in [0.25, 0.3) is 0 Å². The van der Waals surface area contributed by atoms with Gasteiger partial charge < -0.3 is 0 Å². The van der Waals surface area contributed by atoms with Gasteiger partial charge in [0.05, 0.1) is 16.9 Å². The van der Waals surface area contributed by atoms with Gasteiger partial charge in [0.1, 0.15) is 11.6 Å².